The van der Waals surface area contributed by atoms with Gasteiger partial charge >= 0.3 is 0 Å². The van der Waals surface area contributed by atoms with Gasteiger partial charge in [0.25, 0.3) is 5.91 Å². The number of aromatic nitrogens is 4. The molecule has 1 aromatic carbocycles. The van der Waals surface area contributed by atoms with Crippen LogP contribution in [-0.2, 0) is 6.42 Å². The molecule has 1 fully saturated rings. The lowest BCUT2D eigenvalue weighted by Crippen LogP contribution is -2.40. The van der Waals surface area contributed by atoms with Gasteiger partial charge in [0.15, 0.2) is 5.65 Å². The third kappa shape index (κ3) is 4.54. The maximum Gasteiger partial charge on any atom is 0.259 e. The Morgan fingerprint density at radius 2 is 2.03 bits per heavy atom. The number of methoxy groups -OCH3 is 1. The molecule has 2 N–H and O–H groups in total. The van der Waals surface area contributed by atoms with E-state index >= 15 is 0 Å². The molecule has 4 aromatic rings. The molecule has 4 heterocycles. The standard InChI is InChI=1S/C25H25ClN6O2/c1-34-23-21(12-19(14-28-23)18-8-10-32-22(13-18)29-25(27)30-32)24(33)31-9-2-3-17(15-31)11-16-4-6-20(26)7-5-16/h4-8,10,12-14,17H,2-3,9,11,15H2,1H3,(H2,27,30). The molecule has 9 heteroatoms. The Balaban J connectivity index is 1.39. The number of pyridine rings is 2. The van der Waals surface area contributed by atoms with Crippen molar-refractivity contribution in [3.05, 3.63) is 71.0 Å². The summed E-state index contributed by atoms with van der Waals surface area (Å²) in [4.78, 5) is 24.1. The van der Waals surface area contributed by atoms with Crippen molar-refractivity contribution in [3.8, 4) is 17.0 Å². The molecule has 0 saturated carbocycles. The molecular formula is C25H25ClN6O2. The average Bonchev–Trinajstić information content (AvgIpc) is 3.24. The molecule has 1 aliphatic heterocycles. The second-order valence-corrected chi connectivity index (χ2v) is 9.00. The Morgan fingerprint density at radius 3 is 2.82 bits per heavy atom. The molecule has 1 aliphatic rings. The van der Waals surface area contributed by atoms with Gasteiger partial charge in [-0.15, -0.1) is 5.10 Å². The van der Waals surface area contributed by atoms with Gasteiger partial charge in [0, 0.05) is 36.1 Å². The second kappa shape index (κ2) is 9.30. The lowest BCUT2D eigenvalue weighted by Gasteiger charge is -2.33. The number of carbonyl (C=O) groups is 1. The number of anilines is 1. The quantitative estimate of drug-likeness (QED) is 0.465. The predicted molar refractivity (Wildman–Crippen MR) is 131 cm³/mol. The summed E-state index contributed by atoms with van der Waals surface area (Å²) in [5, 5.41) is 4.84. The number of nitrogen functional groups attached to an aromatic ring is 1. The smallest absolute Gasteiger partial charge is 0.259 e. The zero-order valence-electron chi connectivity index (χ0n) is 18.8. The van der Waals surface area contributed by atoms with E-state index in [1.165, 1.54) is 12.7 Å². The Bertz CT molecular complexity index is 1340. The molecule has 8 nitrogen and oxygen atoms in total. The number of carbonyl (C=O) groups excluding carboxylic acids is 1. The normalized spacial score (nSPS) is 16.1. The Kier molecular flexibility index (Phi) is 6.06. The molecular weight excluding hydrogens is 452 g/mol. The third-order valence-electron chi connectivity index (χ3n) is 6.21. The van der Waals surface area contributed by atoms with Crippen LogP contribution in [0.3, 0.4) is 0 Å². The summed E-state index contributed by atoms with van der Waals surface area (Å²) in [6.45, 7) is 1.41. The van der Waals surface area contributed by atoms with Gasteiger partial charge in [0.05, 0.1) is 7.11 Å². The zero-order valence-corrected chi connectivity index (χ0v) is 19.6. The third-order valence-corrected chi connectivity index (χ3v) is 6.46. The first-order valence-electron chi connectivity index (χ1n) is 11.2. The van der Waals surface area contributed by atoms with Gasteiger partial charge in [-0.1, -0.05) is 23.7 Å². The molecule has 3 aromatic heterocycles. The van der Waals surface area contributed by atoms with E-state index in [0.717, 1.165) is 35.4 Å². The van der Waals surface area contributed by atoms with E-state index in [9.17, 15) is 4.79 Å². The monoisotopic (exact) mass is 476 g/mol. The van der Waals surface area contributed by atoms with E-state index in [0.29, 0.717) is 36.1 Å². The molecule has 5 rings (SSSR count). The number of rotatable bonds is 5. The number of likely N-dealkylation sites (tertiary alicyclic amines) is 1. The Labute approximate surface area is 202 Å². The average molecular weight is 477 g/mol. The number of halogens is 1. The van der Waals surface area contributed by atoms with Crippen molar-refractivity contribution in [1.82, 2.24) is 24.5 Å². The van der Waals surface area contributed by atoms with Crippen LogP contribution in [0, 0.1) is 5.92 Å². The minimum atomic E-state index is -0.0696. The van der Waals surface area contributed by atoms with Crippen LogP contribution in [-0.4, -0.2) is 50.6 Å². The van der Waals surface area contributed by atoms with Crippen LogP contribution in [0.2, 0.25) is 5.02 Å². The van der Waals surface area contributed by atoms with Crippen molar-refractivity contribution in [2.75, 3.05) is 25.9 Å². The van der Waals surface area contributed by atoms with Gasteiger partial charge in [-0.05, 0) is 66.6 Å². The van der Waals surface area contributed by atoms with Gasteiger partial charge in [0.2, 0.25) is 11.8 Å². The van der Waals surface area contributed by atoms with Gasteiger partial charge in [0.1, 0.15) is 5.56 Å². The lowest BCUT2D eigenvalue weighted by atomic mass is 9.91. The molecule has 1 unspecified atom stereocenters. The number of hydrogen-bond acceptors (Lipinski definition) is 6. The van der Waals surface area contributed by atoms with Gasteiger partial charge in [-0.3, -0.25) is 4.79 Å². The molecule has 1 saturated heterocycles. The summed E-state index contributed by atoms with van der Waals surface area (Å²) in [6, 6.07) is 13.5. The maximum atomic E-state index is 13.6. The molecule has 0 bridgehead atoms. The lowest BCUT2D eigenvalue weighted by molar-refractivity contribution is 0.0669. The fraction of sp³-hybridized carbons (Fsp3) is 0.280. The van der Waals surface area contributed by atoms with Crippen LogP contribution in [0.1, 0.15) is 28.8 Å². The first-order valence-corrected chi connectivity index (χ1v) is 11.6. The maximum absolute atomic E-state index is 13.6. The van der Waals surface area contributed by atoms with Crippen LogP contribution >= 0.6 is 11.6 Å². The fourth-order valence-corrected chi connectivity index (χ4v) is 4.67. The van der Waals surface area contributed by atoms with Gasteiger partial charge < -0.3 is 15.4 Å². The van der Waals surface area contributed by atoms with E-state index in [1.54, 1.807) is 16.9 Å². The van der Waals surface area contributed by atoms with Crippen LogP contribution < -0.4 is 10.5 Å². The van der Waals surface area contributed by atoms with Crippen molar-refractivity contribution >= 4 is 29.1 Å². The molecule has 1 atom stereocenters. The molecule has 174 valence electrons. The molecule has 0 radical (unpaired) electrons. The van der Waals surface area contributed by atoms with Crippen molar-refractivity contribution in [2.24, 2.45) is 5.92 Å². The van der Waals surface area contributed by atoms with Crippen LogP contribution in [0.4, 0.5) is 5.95 Å². The molecule has 0 aliphatic carbocycles. The number of ether oxygens (including phenoxy) is 1. The topological polar surface area (TPSA) is 98.6 Å². The summed E-state index contributed by atoms with van der Waals surface area (Å²) in [5.41, 5.74) is 9.67. The molecule has 34 heavy (non-hydrogen) atoms. The van der Waals surface area contributed by atoms with Crippen molar-refractivity contribution in [1.29, 1.82) is 0 Å². The number of nitrogens with zero attached hydrogens (tertiary/aromatic N) is 5. The highest BCUT2D eigenvalue weighted by Gasteiger charge is 2.27. The Morgan fingerprint density at radius 1 is 1.21 bits per heavy atom. The van der Waals surface area contributed by atoms with Crippen molar-refractivity contribution < 1.29 is 9.53 Å². The van der Waals surface area contributed by atoms with Crippen LogP contribution in [0.15, 0.2) is 54.9 Å². The predicted octanol–water partition coefficient (Wildman–Crippen LogP) is 4.13. The SMILES string of the molecule is COc1ncc(-c2ccn3nc(N)nc3c2)cc1C(=O)N1CCCC(Cc2ccc(Cl)cc2)C1. The van der Waals surface area contributed by atoms with Gasteiger partial charge in [-0.25, -0.2) is 9.50 Å². The van der Waals surface area contributed by atoms with Crippen molar-refractivity contribution in [3.63, 3.8) is 0 Å². The highest BCUT2D eigenvalue weighted by Crippen LogP contribution is 2.28. The van der Waals surface area contributed by atoms with Crippen molar-refractivity contribution in [2.45, 2.75) is 19.3 Å². The first kappa shape index (κ1) is 22.2. The van der Waals surface area contributed by atoms with E-state index in [1.807, 2.05) is 35.2 Å². The number of amides is 1. The second-order valence-electron chi connectivity index (χ2n) is 8.56. The molecule has 0 spiro atoms. The number of nitrogens with two attached hydrogens (primary N) is 1. The summed E-state index contributed by atoms with van der Waals surface area (Å²) >= 11 is 6.02. The largest absolute Gasteiger partial charge is 0.480 e. The number of piperidine rings is 1. The fourth-order valence-electron chi connectivity index (χ4n) is 4.54. The summed E-state index contributed by atoms with van der Waals surface area (Å²) in [6.07, 6.45) is 6.44. The van der Waals surface area contributed by atoms with E-state index < -0.39 is 0 Å². The number of fused-ring (bicyclic) bond motifs is 1. The van der Waals surface area contributed by atoms with E-state index in [-0.39, 0.29) is 11.9 Å². The first-order chi connectivity index (χ1) is 16.5. The highest BCUT2D eigenvalue weighted by molar-refractivity contribution is 6.30. The number of benzene rings is 1. The summed E-state index contributed by atoms with van der Waals surface area (Å²) in [5.74, 6) is 0.849. The van der Waals surface area contributed by atoms with Crippen LogP contribution in [0.5, 0.6) is 5.88 Å². The molecule has 1 amide bonds. The van der Waals surface area contributed by atoms with E-state index in [2.05, 4.69) is 27.2 Å². The highest BCUT2D eigenvalue weighted by atomic mass is 35.5. The minimum absolute atomic E-state index is 0.0696. The minimum Gasteiger partial charge on any atom is -0.480 e. The Hall–Kier alpha value is -3.65. The van der Waals surface area contributed by atoms with Gasteiger partial charge in [-0.2, -0.15) is 4.98 Å². The van der Waals surface area contributed by atoms with E-state index in [4.69, 9.17) is 22.1 Å². The zero-order chi connectivity index (χ0) is 23.7. The number of hydrogen-bond donors (Lipinski definition) is 1. The summed E-state index contributed by atoms with van der Waals surface area (Å²) < 4.78 is 7.05. The van der Waals surface area contributed by atoms with Crippen LogP contribution in [0.25, 0.3) is 16.8 Å². The summed E-state index contributed by atoms with van der Waals surface area (Å²) in [7, 11) is 1.53.